The number of piperazine rings is 1. The molecule has 4 saturated heterocycles. The van der Waals surface area contributed by atoms with Gasteiger partial charge in [-0.3, -0.25) is 19.2 Å². The lowest BCUT2D eigenvalue weighted by Gasteiger charge is -2.45. The summed E-state index contributed by atoms with van der Waals surface area (Å²) < 4.78 is 49.4. The molecule has 2 aromatic carbocycles. The number of hydrogen-bond acceptors (Lipinski definition) is 8. The zero-order valence-electron chi connectivity index (χ0n) is 30.0. The van der Waals surface area contributed by atoms with E-state index in [4.69, 9.17) is 10.5 Å². The maximum atomic E-state index is 14.2. The van der Waals surface area contributed by atoms with E-state index in [0.717, 1.165) is 29.8 Å². The normalized spacial score (nSPS) is 23.7. The maximum absolute atomic E-state index is 14.2. The smallest absolute Gasteiger partial charge is 0.418 e. The zero-order chi connectivity index (χ0) is 37.9. The Morgan fingerprint density at radius 2 is 1.65 bits per heavy atom. The van der Waals surface area contributed by atoms with Gasteiger partial charge in [0.25, 0.3) is 5.91 Å². The van der Waals surface area contributed by atoms with Gasteiger partial charge in [0.05, 0.1) is 34.0 Å². The van der Waals surface area contributed by atoms with Crippen LogP contribution in [0.3, 0.4) is 0 Å². The van der Waals surface area contributed by atoms with Crippen LogP contribution < -0.4 is 11.4 Å². The minimum absolute atomic E-state index is 0.0448. The van der Waals surface area contributed by atoms with Crippen LogP contribution in [-0.4, -0.2) is 117 Å². The molecule has 54 heavy (non-hydrogen) atoms. The number of fused-ring (bicyclic) bond motifs is 5. The molecule has 16 heteroatoms. The molecule has 4 aliphatic heterocycles. The monoisotopic (exact) mass is 812 g/mol. The minimum Gasteiger partial charge on any atom is -0.436 e. The zero-order valence-corrected chi connectivity index (χ0v) is 31.6. The SMILES string of the molecule is CN1C2CCC1CC(N1CCN(C(=O)[C@@H](Cc3cc(Br)c(N)c(C(F)(F)F)c3)OC(=O)N3CCC(n4c(=O)[nH]c5c6ccccc6ncc54)CC3)CC1)C2. The number of aromatic nitrogens is 3. The third kappa shape index (κ3) is 6.96. The van der Waals surface area contributed by atoms with Crippen molar-refractivity contribution in [2.45, 2.75) is 81.4 Å². The predicted molar refractivity (Wildman–Crippen MR) is 201 cm³/mol. The number of aromatic amines is 1. The van der Waals surface area contributed by atoms with Crippen LogP contribution in [0.15, 0.2) is 51.9 Å². The average molecular weight is 814 g/mol. The highest BCUT2D eigenvalue weighted by Gasteiger charge is 2.42. The number of carbonyl (C=O) groups excluding carboxylic acids is 2. The summed E-state index contributed by atoms with van der Waals surface area (Å²) in [7, 11) is 2.21. The van der Waals surface area contributed by atoms with E-state index in [9.17, 15) is 27.6 Å². The number of alkyl halides is 3. The molecule has 2 amide bonds. The molecule has 12 nitrogen and oxygen atoms in total. The number of rotatable bonds is 6. The van der Waals surface area contributed by atoms with Gasteiger partial charge in [-0.15, -0.1) is 0 Å². The number of para-hydroxylation sites is 1. The number of amides is 2. The van der Waals surface area contributed by atoms with Crippen LogP contribution in [0, 0.1) is 0 Å². The molecule has 4 aromatic rings. The Kier molecular flexibility index (Phi) is 9.88. The molecule has 2 bridgehead atoms. The first-order valence-electron chi connectivity index (χ1n) is 18.7. The van der Waals surface area contributed by atoms with Crippen molar-refractivity contribution in [2.24, 2.45) is 0 Å². The van der Waals surface area contributed by atoms with Crippen molar-refractivity contribution in [1.29, 1.82) is 0 Å². The summed E-state index contributed by atoms with van der Waals surface area (Å²) in [6, 6.07) is 11.3. The molecule has 0 aliphatic carbocycles. The quantitative estimate of drug-likeness (QED) is 0.248. The second-order valence-corrected chi connectivity index (χ2v) is 16.1. The van der Waals surface area contributed by atoms with Crippen LogP contribution in [0.4, 0.5) is 23.7 Å². The Bertz CT molecular complexity index is 2110. The number of hydrogen-bond donors (Lipinski definition) is 2. The fourth-order valence-electron chi connectivity index (χ4n) is 9.20. The minimum atomic E-state index is -4.72. The Morgan fingerprint density at radius 1 is 0.963 bits per heavy atom. The number of nitrogen functional groups attached to an aromatic ring is 1. The van der Waals surface area contributed by atoms with Crippen molar-refractivity contribution in [2.75, 3.05) is 52.0 Å². The summed E-state index contributed by atoms with van der Waals surface area (Å²) in [6.07, 6.45) is 0.178. The van der Waals surface area contributed by atoms with Gasteiger partial charge in [0.15, 0.2) is 6.10 Å². The van der Waals surface area contributed by atoms with Crippen molar-refractivity contribution in [3.05, 3.63) is 68.7 Å². The molecule has 288 valence electrons. The van der Waals surface area contributed by atoms with E-state index < -0.39 is 35.5 Å². The number of halogens is 4. The van der Waals surface area contributed by atoms with Crippen molar-refractivity contribution < 1.29 is 27.5 Å². The van der Waals surface area contributed by atoms with Gasteiger partial charge in [-0.25, -0.2) is 9.59 Å². The maximum Gasteiger partial charge on any atom is 0.418 e. The first kappa shape index (κ1) is 36.8. The average Bonchev–Trinajstić information content (AvgIpc) is 3.58. The molecule has 0 saturated carbocycles. The molecule has 0 radical (unpaired) electrons. The van der Waals surface area contributed by atoms with Crippen LogP contribution in [0.2, 0.25) is 0 Å². The summed E-state index contributed by atoms with van der Waals surface area (Å²) in [6.45, 7) is 2.74. The second-order valence-electron chi connectivity index (χ2n) is 15.2. The number of likely N-dealkylation sites (tertiary alicyclic amines) is 1. The molecule has 3 atom stereocenters. The van der Waals surface area contributed by atoms with E-state index in [1.54, 1.807) is 15.7 Å². The van der Waals surface area contributed by atoms with Crippen LogP contribution in [0.25, 0.3) is 21.9 Å². The Morgan fingerprint density at radius 3 is 2.33 bits per heavy atom. The molecule has 8 rings (SSSR count). The number of H-pyrrole nitrogens is 1. The standard InChI is InChI=1S/C38H44BrF3N8O4/c1-46-24-6-7-25(46)20-26(19-24)47-12-14-48(15-13-47)35(51)32(18-22-16-28(38(40,41)42)33(43)29(39)17-22)54-37(53)49-10-8-23(9-11-49)50-31-21-44-30-5-3-2-4-27(30)34(31)45-36(50)52/h2-5,16-17,21,23-26,32H,6-15,18-20,43H2,1H3,(H,45,52)/t24?,25?,26?,32-/m1/s1. The third-order valence-electron chi connectivity index (χ3n) is 12.2. The van der Waals surface area contributed by atoms with Gasteiger partial charge in [0, 0.05) is 79.7 Å². The Labute approximate surface area is 318 Å². The first-order chi connectivity index (χ1) is 25.9. The topological polar surface area (TPSA) is 133 Å². The highest BCUT2D eigenvalue weighted by atomic mass is 79.9. The number of ether oxygens (including phenoxy) is 1. The summed E-state index contributed by atoms with van der Waals surface area (Å²) in [5, 5.41) is 0.841. The molecule has 4 fully saturated rings. The summed E-state index contributed by atoms with van der Waals surface area (Å²) in [5.74, 6) is -0.437. The van der Waals surface area contributed by atoms with Gasteiger partial charge in [0.2, 0.25) is 0 Å². The molecule has 3 N–H and O–H groups in total. The largest absolute Gasteiger partial charge is 0.436 e. The van der Waals surface area contributed by atoms with Crippen molar-refractivity contribution in [3.8, 4) is 0 Å². The molecule has 0 spiro atoms. The van der Waals surface area contributed by atoms with Crippen molar-refractivity contribution in [3.63, 3.8) is 0 Å². The van der Waals surface area contributed by atoms with Crippen LogP contribution >= 0.6 is 15.9 Å². The van der Waals surface area contributed by atoms with E-state index in [1.807, 2.05) is 24.3 Å². The number of benzene rings is 2. The van der Waals surface area contributed by atoms with E-state index in [2.05, 4.69) is 42.7 Å². The van der Waals surface area contributed by atoms with Gasteiger partial charge in [0.1, 0.15) is 0 Å². The number of nitrogens with two attached hydrogens (primary N) is 1. The fraction of sp³-hybridized carbons (Fsp3) is 0.526. The number of piperidine rings is 2. The number of carbonyl (C=O) groups is 2. The molecule has 4 aliphatic rings. The molecular weight excluding hydrogens is 769 g/mol. The lowest BCUT2D eigenvalue weighted by Crippen LogP contribution is -2.57. The molecule has 2 unspecified atom stereocenters. The van der Waals surface area contributed by atoms with Crippen molar-refractivity contribution in [1.82, 2.24) is 34.1 Å². The molecule has 2 aromatic heterocycles. The van der Waals surface area contributed by atoms with Gasteiger partial charge in [-0.1, -0.05) is 18.2 Å². The number of pyridine rings is 1. The Balaban J connectivity index is 0.970. The molecular formula is C38H44BrF3N8O4. The second kappa shape index (κ2) is 14.5. The van der Waals surface area contributed by atoms with Crippen molar-refractivity contribution >= 4 is 55.6 Å². The van der Waals surface area contributed by atoms with E-state index in [0.29, 0.717) is 68.2 Å². The van der Waals surface area contributed by atoms with E-state index >= 15 is 0 Å². The molecule has 6 heterocycles. The van der Waals surface area contributed by atoms with E-state index in [1.165, 1.54) is 23.8 Å². The van der Waals surface area contributed by atoms with E-state index in [-0.39, 0.29) is 41.3 Å². The number of imidazole rings is 1. The highest BCUT2D eigenvalue weighted by Crippen LogP contribution is 2.39. The lowest BCUT2D eigenvalue weighted by molar-refractivity contribution is -0.143. The predicted octanol–water partition coefficient (Wildman–Crippen LogP) is 5.40. The van der Waals surface area contributed by atoms with Gasteiger partial charge in [-0.05, 0) is 85.3 Å². The fourth-order valence-corrected chi connectivity index (χ4v) is 9.71. The highest BCUT2D eigenvalue weighted by molar-refractivity contribution is 9.10. The van der Waals surface area contributed by atoms with Crippen LogP contribution in [-0.2, 0) is 22.1 Å². The number of nitrogens with one attached hydrogen (secondary N) is 1. The van der Waals surface area contributed by atoms with Gasteiger partial charge < -0.3 is 30.2 Å². The Hall–Kier alpha value is -4.15. The lowest BCUT2D eigenvalue weighted by atomic mass is 9.96. The summed E-state index contributed by atoms with van der Waals surface area (Å²) in [4.78, 5) is 56.7. The van der Waals surface area contributed by atoms with Gasteiger partial charge >= 0.3 is 18.0 Å². The third-order valence-corrected chi connectivity index (χ3v) is 12.9. The van der Waals surface area contributed by atoms with Gasteiger partial charge in [-0.2, -0.15) is 13.2 Å². The summed E-state index contributed by atoms with van der Waals surface area (Å²) >= 11 is 3.15. The summed E-state index contributed by atoms with van der Waals surface area (Å²) in [5.41, 5.74) is 6.35. The number of anilines is 1. The number of nitrogens with zero attached hydrogens (tertiary/aromatic N) is 6. The van der Waals surface area contributed by atoms with Crippen LogP contribution in [0.5, 0.6) is 0 Å². The van der Waals surface area contributed by atoms with Crippen LogP contribution in [0.1, 0.15) is 55.7 Å². The first-order valence-corrected chi connectivity index (χ1v) is 19.5.